The standard InChI is InChI=1S/C7H7Cl2F2N/c8-6(3-7(9,10)11)5-1-2-12-4-5/h1-2,4,6,12H,3H2. The second kappa shape index (κ2) is 3.62. The van der Waals surface area contributed by atoms with Gasteiger partial charge in [-0.05, 0) is 23.2 Å². The van der Waals surface area contributed by atoms with Crippen molar-refractivity contribution in [3.05, 3.63) is 24.0 Å². The summed E-state index contributed by atoms with van der Waals surface area (Å²) in [6.07, 6.45) is 2.63. The number of hydrogen-bond acceptors (Lipinski definition) is 0. The molecule has 5 heteroatoms. The molecule has 1 N–H and O–H groups in total. The second-order valence-corrected chi connectivity index (χ2v) is 3.51. The van der Waals surface area contributed by atoms with E-state index in [1.54, 1.807) is 18.5 Å². The van der Waals surface area contributed by atoms with Gasteiger partial charge in [0.05, 0.1) is 5.38 Å². The van der Waals surface area contributed by atoms with E-state index in [1.165, 1.54) is 0 Å². The van der Waals surface area contributed by atoms with Crippen LogP contribution in [-0.4, -0.2) is 10.4 Å². The molecule has 0 saturated carbocycles. The van der Waals surface area contributed by atoms with Gasteiger partial charge in [-0.1, -0.05) is 0 Å². The average Bonchev–Trinajstić information content (AvgIpc) is 2.32. The molecule has 0 amide bonds. The number of nitrogens with one attached hydrogen (secondary N) is 1. The first-order valence-corrected chi connectivity index (χ1v) is 4.14. The Hall–Kier alpha value is -0.280. The van der Waals surface area contributed by atoms with Crippen LogP contribution >= 0.6 is 23.2 Å². The Morgan fingerprint density at radius 2 is 2.25 bits per heavy atom. The molecule has 0 aromatic carbocycles. The van der Waals surface area contributed by atoms with Gasteiger partial charge in [0.1, 0.15) is 0 Å². The lowest BCUT2D eigenvalue weighted by molar-refractivity contribution is 0.0850. The Labute approximate surface area is 78.7 Å². The lowest BCUT2D eigenvalue weighted by Gasteiger charge is -2.11. The maximum atomic E-state index is 12.2. The Kier molecular flexibility index (Phi) is 2.96. The Morgan fingerprint density at radius 1 is 1.58 bits per heavy atom. The van der Waals surface area contributed by atoms with Gasteiger partial charge >= 0.3 is 5.38 Å². The fourth-order valence-electron chi connectivity index (χ4n) is 0.853. The first-order valence-electron chi connectivity index (χ1n) is 3.32. The van der Waals surface area contributed by atoms with E-state index < -0.39 is 17.2 Å². The Morgan fingerprint density at radius 3 is 2.67 bits per heavy atom. The molecule has 1 atom stereocenters. The van der Waals surface area contributed by atoms with E-state index >= 15 is 0 Å². The summed E-state index contributed by atoms with van der Waals surface area (Å²) >= 11 is 10.4. The summed E-state index contributed by atoms with van der Waals surface area (Å²) in [5.74, 6) is 0. The summed E-state index contributed by atoms with van der Waals surface area (Å²) in [4.78, 5) is 2.72. The van der Waals surface area contributed by atoms with Gasteiger partial charge in [-0.2, -0.15) is 8.78 Å². The van der Waals surface area contributed by atoms with Crippen LogP contribution in [-0.2, 0) is 0 Å². The van der Waals surface area contributed by atoms with Crippen LogP contribution in [0.4, 0.5) is 8.78 Å². The zero-order valence-corrected chi connectivity index (χ0v) is 7.54. The van der Waals surface area contributed by atoms with Crippen molar-refractivity contribution in [2.45, 2.75) is 17.2 Å². The number of halogens is 4. The molecular weight excluding hydrogens is 207 g/mol. The van der Waals surface area contributed by atoms with E-state index in [2.05, 4.69) is 4.98 Å². The van der Waals surface area contributed by atoms with E-state index in [0.717, 1.165) is 0 Å². The molecule has 0 radical (unpaired) electrons. The van der Waals surface area contributed by atoms with E-state index in [9.17, 15) is 8.78 Å². The Balaban J connectivity index is 2.56. The summed E-state index contributed by atoms with van der Waals surface area (Å²) in [5, 5.41) is -3.98. The highest BCUT2D eigenvalue weighted by Crippen LogP contribution is 2.35. The smallest absolute Gasteiger partial charge is 0.323 e. The molecule has 0 aliphatic carbocycles. The van der Waals surface area contributed by atoms with Crippen LogP contribution in [0.3, 0.4) is 0 Å². The highest BCUT2D eigenvalue weighted by molar-refractivity contribution is 6.24. The fraction of sp³-hybridized carbons (Fsp3) is 0.429. The molecule has 0 bridgehead atoms. The first-order chi connectivity index (χ1) is 5.49. The molecule has 1 aromatic heterocycles. The van der Waals surface area contributed by atoms with Gasteiger partial charge in [-0.3, -0.25) is 0 Å². The van der Waals surface area contributed by atoms with Crippen LogP contribution in [0.15, 0.2) is 18.5 Å². The second-order valence-electron chi connectivity index (χ2n) is 2.43. The van der Waals surface area contributed by atoms with Crippen molar-refractivity contribution in [3.8, 4) is 0 Å². The number of hydrogen-bond donors (Lipinski definition) is 1. The molecule has 1 unspecified atom stereocenters. The Bertz CT molecular complexity index is 230. The molecule has 1 heterocycles. The van der Waals surface area contributed by atoms with Crippen LogP contribution in [0, 0.1) is 0 Å². The number of H-pyrrole nitrogens is 1. The van der Waals surface area contributed by atoms with Gasteiger partial charge in [0.2, 0.25) is 0 Å². The molecule has 1 rings (SSSR count). The molecular formula is C7H7Cl2F2N. The van der Waals surface area contributed by atoms with Crippen LogP contribution in [0.25, 0.3) is 0 Å². The van der Waals surface area contributed by atoms with E-state index in [1.807, 2.05) is 0 Å². The lowest BCUT2D eigenvalue weighted by Crippen LogP contribution is -2.08. The van der Waals surface area contributed by atoms with E-state index in [-0.39, 0.29) is 0 Å². The third-order valence-corrected chi connectivity index (χ3v) is 1.95. The minimum atomic E-state index is -3.23. The molecule has 1 aromatic rings. The van der Waals surface area contributed by atoms with Crippen molar-refractivity contribution in [2.24, 2.45) is 0 Å². The monoisotopic (exact) mass is 213 g/mol. The quantitative estimate of drug-likeness (QED) is 0.741. The number of aromatic nitrogens is 1. The number of aromatic amines is 1. The first kappa shape index (κ1) is 9.81. The molecule has 0 aliphatic heterocycles. The summed E-state index contributed by atoms with van der Waals surface area (Å²) in [5.41, 5.74) is 0.622. The van der Waals surface area contributed by atoms with E-state index in [4.69, 9.17) is 23.2 Å². The van der Waals surface area contributed by atoms with Crippen molar-refractivity contribution in [1.82, 2.24) is 4.98 Å². The SMILES string of the molecule is FC(F)(Cl)CC(Cl)c1cc[nH]c1. The van der Waals surface area contributed by atoms with Crippen LogP contribution < -0.4 is 0 Å². The maximum Gasteiger partial charge on any atom is 0.323 e. The van der Waals surface area contributed by atoms with E-state index in [0.29, 0.717) is 5.56 Å². The minimum absolute atomic E-state index is 0.562. The minimum Gasteiger partial charge on any atom is -0.367 e. The van der Waals surface area contributed by atoms with Crippen molar-refractivity contribution in [2.75, 3.05) is 0 Å². The van der Waals surface area contributed by atoms with Gasteiger partial charge in [-0.15, -0.1) is 11.6 Å². The van der Waals surface area contributed by atoms with Gasteiger partial charge in [0.15, 0.2) is 0 Å². The van der Waals surface area contributed by atoms with Crippen LogP contribution in [0.1, 0.15) is 17.4 Å². The molecule has 12 heavy (non-hydrogen) atoms. The summed E-state index contributed by atoms with van der Waals surface area (Å²) in [7, 11) is 0. The summed E-state index contributed by atoms with van der Waals surface area (Å²) in [6.45, 7) is 0. The zero-order chi connectivity index (χ0) is 9.19. The highest BCUT2D eigenvalue weighted by atomic mass is 35.5. The predicted molar refractivity (Wildman–Crippen MR) is 44.8 cm³/mol. The van der Waals surface area contributed by atoms with Crippen molar-refractivity contribution in [3.63, 3.8) is 0 Å². The predicted octanol–water partition coefficient (Wildman–Crippen LogP) is 3.52. The largest absolute Gasteiger partial charge is 0.367 e. The van der Waals surface area contributed by atoms with Gasteiger partial charge in [0.25, 0.3) is 0 Å². The van der Waals surface area contributed by atoms with Crippen molar-refractivity contribution in [1.29, 1.82) is 0 Å². The van der Waals surface area contributed by atoms with Gasteiger partial charge in [0, 0.05) is 18.8 Å². The maximum absolute atomic E-state index is 12.2. The van der Waals surface area contributed by atoms with Crippen LogP contribution in [0.5, 0.6) is 0 Å². The molecule has 0 saturated heterocycles. The lowest BCUT2D eigenvalue weighted by atomic mass is 10.2. The molecule has 0 spiro atoms. The van der Waals surface area contributed by atoms with Crippen molar-refractivity contribution < 1.29 is 8.78 Å². The van der Waals surface area contributed by atoms with Gasteiger partial charge in [-0.25, -0.2) is 0 Å². The highest BCUT2D eigenvalue weighted by Gasteiger charge is 2.29. The molecule has 1 nitrogen and oxygen atoms in total. The molecule has 68 valence electrons. The third-order valence-electron chi connectivity index (χ3n) is 1.39. The zero-order valence-electron chi connectivity index (χ0n) is 6.03. The normalized spacial score (nSPS) is 14.7. The summed E-state index contributed by atoms with van der Waals surface area (Å²) < 4.78 is 24.5. The topological polar surface area (TPSA) is 15.8 Å². The molecule has 0 fully saturated rings. The average molecular weight is 214 g/mol. The number of alkyl halides is 4. The van der Waals surface area contributed by atoms with Crippen molar-refractivity contribution >= 4 is 23.2 Å². The third kappa shape index (κ3) is 2.99. The fourth-order valence-corrected chi connectivity index (χ4v) is 1.42. The van der Waals surface area contributed by atoms with Gasteiger partial charge < -0.3 is 4.98 Å². The molecule has 0 aliphatic rings. The number of rotatable bonds is 3. The summed E-state index contributed by atoms with van der Waals surface area (Å²) in [6, 6.07) is 1.64. The van der Waals surface area contributed by atoms with Crippen LogP contribution in [0.2, 0.25) is 0 Å².